The van der Waals surface area contributed by atoms with Crippen LogP contribution in [0.4, 0.5) is 0 Å². The Hall–Kier alpha value is -0.690. The fourth-order valence-corrected chi connectivity index (χ4v) is 4.17. The van der Waals surface area contributed by atoms with Crippen LogP contribution >= 0.6 is 27.3 Å². The van der Waals surface area contributed by atoms with Crippen LogP contribution in [0, 0.1) is 0 Å². The molecule has 1 N–H and O–H groups in total. The lowest BCUT2D eigenvalue weighted by Crippen LogP contribution is -2.30. The van der Waals surface area contributed by atoms with Gasteiger partial charge in [0.25, 0.3) is 0 Å². The zero-order valence-electron chi connectivity index (χ0n) is 10.8. The number of hydrogen-bond donors (Lipinski definition) is 1. The third-order valence-electron chi connectivity index (χ3n) is 3.56. The second kappa shape index (κ2) is 5.36. The lowest BCUT2D eigenvalue weighted by atomic mass is 10.1. The summed E-state index contributed by atoms with van der Waals surface area (Å²) in [5.41, 5.74) is 3.31. The first-order chi connectivity index (χ1) is 9.17. The molecule has 2 aromatic rings. The first-order valence-electron chi connectivity index (χ1n) is 6.28. The molecule has 2 aromatic heterocycles. The molecule has 0 atom stereocenters. The maximum absolute atomic E-state index is 9.39. The molecule has 0 amide bonds. The van der Waals surface area contributed by atoms with Gasteiger partial charge in [-0.15, -0.1) is 11.3 Å². The van der Waals surface area contributed by atoms with Gasteiger partial charge >= 0.3 is 0 Å². The van der Waals surface area contributed by atoms with Gasteiger partial charge in [-0.1, -0.05) is 0 Å². The highest BCUT2D eigenvalue weighted by Gasteiger charge is 2.23. The van der Waals surface area contributed by atoms with Crippen LogP contribution in [0.5, 0.6) is 0 Å². The van der Waals surface area contributed by atoms with E-state index in [2.05, 4.69) is 38.1 Å². The molecule has 0 aromatic carbocycles. The Labute approximate surface area is 124 Å². The van der Waals surface area contributed by atoms with Gasteiger partial charge in [0.2, 0.25) is 0 Å². The van der Waals surface area contributed by atoms with Gasteiger partial charge in [-0.2, -0.15) is 5.10 Å². The molecule has 0 unspecified atom stereocenters. The fraction of sp³-hybridized carbons (Fsp3) is 0.462. The highest BCUT2D eigenvalue weighted by Crippen LogP contribution is 2.27. The van der Waals surface area contributed by atoms with E-state index in [0.29, 0.717) is 0 Å². The standard InChI is InChI=1S/C13H16BrN3OS/c1-16-12-4-5-17(6-9-2-3-13(14)19-9)7-10(12)11(8-18)15-16/h2-3,18H,4-8H2,1H3. The molecule has 6 heteroatoms. The van der Waals surface area contributed by atoms with Crippen LogP contribution in [0.2, 0.25) is 0 Å². The van der Waals surface area contributed by atoms with Gasteiger partial charge in [-0.05, 0) is 28.1 Å². The van der Waals surface area contributed by atoms with Crippen LogP contribution in [0.25, 0.3) is 0 Å². The molecule has 0 radical (unpaired) electrons. The average Bonchev–Trinajstić information content (AvgIpc) is 2.94. The average molecular weight is 342 g/mol. The number of hydrogen-bond acceptors (Lipinski definition) is 4. The zero-order chi connectivity index (χ0) is 13.4. The van der Waals surface area contributed by atoms with E-state index in [1.165, 1.54) is 19.9 Å². The molecule has 0 bridgehead atoms. The van der Waals surface area contributed by atoms with E-state index < -0.39 is 0 Å². The SMILES string of the molecule is Cn1nc(CO)c2c1CCN(Cc1ccc(Br)s1)C2. The summed E-state index contributed by atoms with van der Waals surface area (Å²) in [5, 5.41) is 13.8. The number of rotatable bonds is 3. The second-order valence-corrected chi connectivity index (χ2v) is 7.37. The van der Waals surface area contributed by atoms with E-state index in [9.17, 15) is 5.11 Å². The van der Waals surface area contributed by atoms with Gasteiger partial charge in [-0.3, -0.25) is 9.58 Å². The van der Waals surface area contributed by atoms with Crippen molar-refractivity contribution in [1.29, 1.82) is 0 Å². The highest BCUT2D eigenvalue weighted by atomic mass is 79.9. The summed E-state index contributed by atoms with van der Waals surface area (Å²) < 4.78 is 3.09. The molecule has 4 nitrogen and oxygen atoms in total. The van der Waals surface area contributed by atoms with E-state index >= 15 is 0 Å². The molecule has 1 aliphatic rings. The predicted octanol–water partition coefficient (Wildman–Crippen LogP) is 2.29. The van der Waals surface area contributed by atoms with Gasteiger partial charge in [-0.25, -0.2) is 0 Å². The molecule has 0 spiro atoms. The Morgan fingerprint density at radius 2 is 2.32 bits per heavy atom. The van der Waals surface area contributed by atoms with Gasteiger partial charge in [0.1, 0.15) is 0 Å². The summed E-state index contributed by atoms with van der Waals surface area (Å²) in [6.07, 6.45) is 1.01. The summed E-state index contributed by atoms with van der Waals surface area (Å²) in [6.45, 7) is 2.93. The quantitative estimate of drug-likeness (QED) is 0.931. The van der Waals surface area contributed by atoms with Crippen molar-refractivity contribution in [3.05, 3.63) is 37.7 Å². The Kier molecular flexibility index (Phi) is 3.75. The van der Waals surface area contributed by atoms with E-state index in [1.54, 1.807) is 11.3 Å². The highest BCUT2D eigenvalue weighted by molar-refractivity contribution is 9.11. The van der Waals surface area contributed by atoms with Crippen molar-refractivity contribution in [3.63, 3.8) is 0 Å². The summed E-state index contributed by atoms with van der Waals surface area (Å²) in [7, 11) is 1.96. The first kappa shape index (κ1) is 13.3. The Balaban J connectivity index is 1.78. The molecule has 0 saturated heterocycles. The lowest BCUT2D eigenvalue weighted by molar-refractivity contribution is 0.238. The first-order valence-corrected chi connectivity index (χ1v) is 7.89. The minimum atomic E-state index is 0.0293. The number of fused-ring (bicyclic) bond motifs is 1. The van der Waals surface area contributed by atoms with Crippen LogP contribution < -0.4 is 0 Å². The maximum Gasteiger partial charge on any atom is 0.0926 e. The number of aliphatic hydroxyl groups is 1. The summed E-state index contributed by atoms with van der Waals surface area (Å²) in [4.78, 5) is 3.78. The molecule has 0 aliphatic carbocycles. The van der Waals surface area contributed by atoms with Crippen LogP contribution in [0.15, 0.2) is 15.9 Å². The molecule has 1 aliphatic heterocycles. The maximum atomic E-state index is 9.39. The normalized spacial score (nSPS) is 15.7. The number of aryl methyl sites for hydroxylation is 1. The molecule has 3 heterocycles. The third-order valence-corrected chi connectivity index (χ3v) is 5.17. The van der Waals surface area contributed by atoms with Gasteiger partial charge < -0.3 is 5.11 Å². The predicted molar refractivity (Wildman–Crippen MR) is 79.0 cm³/mol. The van der Waals surface area contributed by atoms with E-state index in [1.807, 2.05) is 11.7 Å². The summed E-state index contributed by atoms with van der Waals surface area (Å²) in [5.74, 6) is 0. The number of aromatic nitrogens is 2. The molecule has 19 heavy (non-hydrogen) atoms. The van der Waals surface area contributed by atoms with Crippen molar-refractivity contribution >= 4 is 27.3 Å². The molecular weight excluding hydrogens is 326 g/mol. The van der Waals surface area contributed by atoms with E-state index in [0.717, 1.165) is 31.7 Å². The third kappa shape index (κ3) is 2.63. The van der Waals surface area contributed by atoms with Crippen molar-refractivity contribution < 1.29 is 5.11 Å². The van der Waals surface area contributed by atoms with Crippen LogP contribution in [0.3, 0.4) is 0 Å². The van der Waals surface area contributed by atoms with Crippen molar-refractivity contribution in [1.82, 2.24) is 14.7 Å². The second-order valence-electron chi connectivity index (χ2n) is 4.82. The Bertz CT molecular complexity index is 593. The van der Waals surface area contributed by atoms with Crippen LogP contribution in [-0.2, 0) is 33.2 Å². The van der Waals surface area contributed by atoms with Gasteiger partial charge in [0.15, 0.2) is 0 Å². The molecule has 0 fully saturated rings. The fourth-order valence-electron chi connectivity index (χ4n) is 2.64. The molecule has 102 valence electrons. The van der Waals surface area contributed by atoms with Crippen LogP contribution in [0.1, 0.15) is 21.8 Å². The Morgan fingerprint density at radius 3 is 3.00 bits per heavy atom. The van der Waals surface area contributed by atoms with Crippen molar-refractivity contribution in [2.75, 3.05) is 6.54 Å². The van der Waals surface area contributed by atoms with Crippen molar-refractivity contribution in [2.24, 2.45) is 7.05 Å². The summed E-state index contributed by atoms with van der Waals surface area (Å²) in [6, 6.07) is 4.26. The number of aliphatic hydroxyl groups excluding tert-OH is 1. The van der Waals surface area contributed by atoms with E-state index in [-0.39, 0.29) is 6.61 Å². The largest absolute Gasteiger partial charge is 0.390 e. The molecule has 3 rings (SSSR count). The monoisotopic (exact) mass is 341 g/mol. The zero-order valence-corrected chi connectivity index (χ0v) is 13.2. The summed E-state index contributed by atoms with van der Waals surface area (Å²) >= 11 is 5.29. The van der Waals surface area contributed by atoms with Crippen LogP contribution in [-0.4, -0.2) is 26.3 Å². The van der Waals surface area contributed by atoms with Gasteiger partial charge in [0, 0.05) is 49.2 Å². The van der Waals surface area contributed by atoms with Crippen molar-refractivity contribution in [3.8, 4) is 0 Å². The molecular formula is C13H16BrN3OS. The number of nitrogens with zero attached hydrogens (tertiary/aromatic N) is 3. The number of halogens is 1. The minimum absolute atomic E-state index is 0.0293. The van der Waals surface area contributed by atoms with Gasteiger partial charge in [0.05, 0.1) is 16.1 Å². The number of thiophene rings is 1. The lowest BCUT2D eigenvalue weighted by Gasteiger charge is -2.26. The Morgan fingerprint density at radius 1 is 1.47 bits per heavy atom. The van der Waals surface area contributed by atoms with Crippen molar-refractivity contribution in [2.45, 2.75) is 26.1 Å². The smallest absolute Gasteiger partial charge is 0.0926 e. The topological polar surface area (TPSA) is 41.3 Å². The van der Waals surface area contributed by atoms with E-state index in [4.69, 9.17) is 0 Å². The minimum Gasteiger partial charge on any atom is -0.390 e. The molecule has 0 saturated carbocycles.